The Hall–Kier alpha value is -2.25. The highest BCUT2D eigenvalue weighted by atomic mass is 79.9. The third-order valence-electron chi connectivity index (χ3n) is 2.88. The summed E-state index contributed by atoms with van der Waals surface area (Å²) in [5.41, 5.74) is 7.25. The molecule has 5 nitrogen and oxygen atoms in total. The van der Waals surface area contributed by atoms with Gasteiger partial charge in [0.2, 0.25) is 11.9 Å². The van der Waals surface area contributed by atoms with Gasteiger partial charge in [-0.3, -0.25) is 4.79 Å². The molecule has 0 radical (unpaired) electrons. The number of anilines is 2. The van der Waals surface area contributed by atoms with Crippen molar-refractivity contribution in [3.8, 4) is 10.6 Å². The van der Waals surface area contributed by atoms with E-state index in [0.717, 1.165) is 14.4 Å². The Balaban J connectivity index is 1.87. The van der Waals surface area contributed by atoms with Gasteiger partial charge in [-0.15, -0.1) is 11.3 Å². The predicted octanol–water partition coefficient (Wildman–Crippen LogP) is 3.81. The number of rotatable bonds is 4. The third kappa shape index (κ3) is 3.32. The zero-order valence-corrected chi connectivity index (χ0v) is 13.7. The van der Waals surface area contributed by atoms with Crippen LogP contribution in [0.25, 0.3) is 10.6 Å². The Morgan fingerprint density at radius 1 is 1.23 bits per heavy atom. The largest absolute Gasteiger partial charge is 0.366 e. The van der Waals surface area contributed by atoms with Crippen LogP contribution in [0.15, 0.2) is 52.4 Å². The Morgan fingerprint density at radius 3 is 2.82 bits per heavy atom. The lowest BCUT2D eigenvalue weighted by Crippen LogP contribution is -2.11. The molecule has 3 N–H and O–H groups in total. The summed E-state index contributed by atoms with van der Waals surface area (Å²) < 4.78 is 1.05. The highest BCUT2D eigenvalue weighted by Crippen LogP contribution is 2.30. The molecule has 0 saturated heterocycles. The Bertz CT molecular complexity index is 834. The van der Waals surface area contributed by atoms with E-state index in [4.69, 9.17) is 5.73 Å². The topological polar surface area (TPSA) is 80.9 Å². The number of carbonyl (C=O) groups excluding carboxylic acids is 1. The maximum Gasteiger partial charge on any atom is 0.248 e. The number of thiophene rings is 1. The summed E-state index contributed by atoms with van der Waals surface area (Å²) in [6, 6.07) is 12.7. The third-order valence-corrected chi connectivity index (χ3v) is 4.53. The van der Waals surface area contributed by atoms with Crippen LogP contribution in [-0.2, 0) is 0 Å². The van der Waals surface area contributed by atoms with Gasteiger partial charge in [0.25, 0.3) is 0 Å². The number of primary amides is 1. The number of hydrogen-bond acceptors (Lipinski definition) is 5. The van der Waals surface area contributed by atoms with Crippen molar-refractivity contribution in [3.63, 3.8) is 0 Å². The number of halogens is 1. The second-order valence-corrected chi connectivity index (χ2v) is 6.90. The van der Waals surface area contributed by atoms with Gasteiger partial charge in [-0.2, -0.15) is 0 Å². The lowest BCUT2D eigenvalue weighted by molar-refractivity contribution is 0.100. The number of nitrogens with zero attached hydrogens (tertiary/aromatic N) is 2. The smallest absolute Gasteiger partial charge is 0.248 e. The van der Waals surface area contributed by atoms with E-state index in [-0.39, 0.29) is 0 Å². The molecule has 0 bridgehead atoms. The fraction of sp³-hybridized carbons (Fsp3) is 0. The summed E-state index contributed by atoms with van der Waals surface area (Å²) in [7, 11) is 0. The van der Waals surface area contributed by atoms with Crippen LogP contribution in [-0.4, -0.2) is 15.9 Å². The summed E-state index contributed by atoms with van der Waals surface area (Å²) in [5, 5.41) is 3.08. The molecule has 0 aliphatic carbocycles. The highest BCUT2D eigenvalue weighted by Gasteiger charge is 2.06. The second-order valence-electron chi connectivity index (χ2n) is 4.44. The first kappa shape index (κ1) is 14.7. The maximum absolute atomic E-state index is 11.2. The van der Waals surface area contributed by atoms with Gasteiger partial charge in [-0.1, -0.05) is 6.07 Å². The number of carbonyl (C=O) groups is 1. The summed E-state index contributed by atoms with van der Waals surface area (Å²) in [6.07, 6.45) is 1.69. The average molecular weight is 375 g/mol. The number of nitrogens with one attached hydrogen (secondary N) is 1. The minimum absolute atomic E-state index is 0.434. The van der Waals surface area contributed by atoms with Crippen molar-refractivity contribution >= 4 is 44.8 Å². The minimum atomic E-state index is -0.471. The van der Waals surface area contributed by atoms with Gasteiger partial charge in [0.05, 0.1) is 14.4 Å². The molecule has 0 aliphatic rings. The first-order valence-electron chi connectivity index (χ1n) is 6.37. The fourth-order valence-electron chi connectivity index (χ4n) is 1.89. The van der Waals surface area contributed by atoms with Crippen molar-refractivity contribution in [3.05, 3.63) is 58.0 Å². The maximum atomic E-state index is 11.2. The van der Waals surface area contributed by atoms with E-state index in [1.165, 1.54) is 0 Å². The standard InChI is InChI=1S/C15H11BrN4OS/c16-13-5-4-12(22-13)11-6-7-18-15(20-11)19-10-3-1-2-9(8-10)14(17)21/h1-8H,(H2,17,21)(H,18,19,20). The molecule has 0 unspecified atom stereocenters. The van der Waals surface area contributed by atoms with Gasteiger partial charge >= 0.3 is 0 Å². The van der Waals surface area contributed by atoms with Gasteiger partial charge in [0.1, 0.15) is 0 Å². The molecule has 1 aromatic carbocycles. The highest BCUT2D eigenvalue weighted by molar-refractivity contribution is 9.11. The summed E-state index contributed by atoms with van der Waals surface area (Å²) >= 11 is 5.04. The molecule has 110 valence electrons. The number of nitrogens with two attached hydrogens (primary N) is 1. The number of amides is 1. The van der Waals surface area contributed by atoms with Crippen LogP contribution < -0.4 is 11.1 Å². The van der Waals surface area contributed by atoms with Crippen molar-refractivity contribution in [2.75, 3.05) is 5.32 Å². The molecule has 0 saturated carbocycles. The molecule has 3 rings (SSSR count). The van der Waals surface area contributed by atoms with Gasteiger partial charge < -0.3 is 11.1 Å². The van der Waals surface area contributed by atoms with Crippen molar-refractivity contribution in [1.29, 1.82) is 0 Å². The Labute approximate surface area is 139 Å². The molecular weight excluding hydrogens is 364 g/mol. The molecule has 1 amide bonds. The lowest BCUT2D eigenvalue weighted by Gasteiger charge is -2.06. The zero-order valence-electron chi connectivity index (χ0n) is 11.3. The van der Waals surface area contributed by atoms with Crippen molar-refractivity contribution in [2.24, 2.45) is 5.73 Å². The fourth-order valence-corrected chi connectivity index (χ4v) is 3.24. The first-order chi connectivity index (χ1) is 10.6. The van der Waals surface area contributed by atoms with Crippen LogP contribution in [0.5, 0.6) is 0 Å². The Kier molecular flexibility index (Phi) is 4.17. The SMILES string of the molecule is NC(=O)c1cccc(Nc2nccc(-c3ccc(Br)s3)n2)c1. The van der Waals surface area contributed by atoms with E-state index in [1.807, 2.05) is 24.3 Å². The molecule has 0 spiro atoms. The average Bonchev–Trinajstić information content (AvgIpc) is 2.94. The number of aromatic nitrogens is 2. The van der Waals surface area contributed by atoms with E-state index in [9.17, 15) is 4.79 Å². The van der Waals surface area contributed by atoms with Gasteiger partial charge in [-0.25, -0.2) is 9.97 Å². The molecule has 2 aromatic heterocycles. The molecule has 22 heavy (non-hydrogen) atoms. The second kappa shape index (κ2) is 6.25. The van der Waals surface area contributed by atoms with Gasteiger partial charge in [0, 0.05) is 17.4 Å². The lowest BCUT2D eigenvalue weighted by atomic mass is 10.2. The first-order valence-corrected chi connectivity index (χ1v) is 7.98. The van der Waals surface area contributed by atoms with Crippen LogP contribution >= 0.6 is 27.3 Å². The van der Waals surface area contributed by atoms with Crippen molar-refractivity contribution in [1.82, 2.24) is 9.97 Å². The Morgan fingerprint density at radius 2 is 2.09 bits per heavy atom. The van der Waals surface area contributed by atoms with Gasteiger partial charge in [0.15, 0.2) is 0 Å². The monoisotopic (exact) mass is 374 g/mol. The molecule has 0 atom stereocenters. The van der Waals surface area contributed by atoms with Crippen molar-refractivity contribution in [2.45, 2.75) is 0 Å². The molecule has 0 fully saturated rings. The van der Waals surface area contributed by atoms with E-state index >= 15 is 0 Å². The van der Waals surface area contributed by atoms with Crippen LogP contribution in [0.1, 0.15) is 10.4 Å². The van der Waals surface area contributed by atoms with Crippen LogP contribution in [0, 0.1) is 0 Å². The minimum Gasteiger partial charge on any atom is -0.366 e. The normalized spacial score (nSPS) is 10.4. The predicted molar refractivity (Wildman–Crippen MR) is 91.3 cm³/mol. The summed E-state index contributed by atoms with van der Waals surface area (Å²) in [5.74, 6) is -0.00889. The quantitative estimate of drug-likeness (QED) is 0.727. The van der Waals surface area contributed by atoms with E-state index in [2.05, 4.69) is 31.2 Å². The summed E-state index contributed by atoms with van der Waals surface area (Å²) in [4.78, 5) is 20.9. The van der Waals surface area contributed by atoms with Crippen molar-refractivity contribution < 1.29 is 4.79 Å². The van der Waals surface area contributed by atoms with E-state index in [1.54, 1.807) is 35.7 Å². The van der Waals surface area contributed by atoms with Gasteiger partial charge in [-0.05, 0) is 52.3 Å². The van der Waals surface area contributed by atoms with Crippen LogP contribution in [0.3, 0.4) is 0 Å². The molecule has 3 aromatic rings. The molecule has 2 heterocycles. The zero-order chi connectivity index (χ0) is 15.5. The van der Waals surface area contributed by atoms with E-state index in [0.29, 0.717) is 17.2 Å². The molecule has 7 heteroatoms. The van der Waals surface area contributed by atoms with Crippen LogP contribution in [0.4, 0.5) is 11.6 Å². The number of hydrogen-bond donors (Lipinski definition) is 2. The van der Waals surface area contributed by atoms with Crippen LogP contribution in [0.2, 0.25) is 0 Å². The molecular formula is C15H11BrN4OS. The van der Waals surface area contributed by atoms with E-state index < -0.39 is 5.91 Å². The molecule has 0 aliphatic heterocycles. The number of benzene rings is 1. The summed E-state index contributed by atoms with van der Waals surface area (Å²) in [6.45, 7) is 0.